The van der Waals surface area contributed by atoms with Crippen molar-refractivity contribution in [3.63, 3.8) is 0 Å². The van der Waals surface area contributed by atoms with Crippen LogP contribution in [0, 0.1) is 0 Å². The summed E-state index contributed by atoms with van der Waals surface area (Å²) in [5, 5.41) is 4.12. The zero-order valence-electron chi connectivity index (χ0n) is 10.2. The fraction of sp³-hybridized carbons (Fsp3) is 0.250. The molecule has 0 spiro atoms. The maximum Gasteiger partial charge on any atom is 0.137 e. The molecule has 1 N–H and O–H groups in total. The van der Waals surface area contributed by atoms with E-state index in [0.717, 1.165) is 22.6 Å². The third kappa shape index (κ3) is 1.71. The van der Waals surface area contributed by atoms with Crippen molar-refractivity contribution in [1.29, 1.82) is 0 Å². The maximum absolute atomic E-state index is 5.19. The highest BCUT2D eigenvalue weighted by molar-refractivity contribution is 5.76. The van der Waals surface area contributed by atoms with Gasteiger partial charge in [-0.05, 0) is 19.1 Å². The van der Waals surface area contributed by atoms with Gasteiger partial charge in [-0.15, -0.1) is 0 Å². The van der Waals surface area contributed by atoms with Gasteiger partial charge in [-0.1, -0.05) is 0 Å². The smallest absolute Gasteiger partial charge is 0.137 e. The molecule has 2 aromatic heterocycles. The quantitative estimate of drug-likeness (QED) is 0.761. The standard InChI is InChI=1S/C12H13N5O/c1-8(17-7-13-6-14-17)12-15-10-4-3-9(18-2)5-11(10)16-12/h3-8H,1-2H3,(H,15,16). The first-order chi connectivity index (χ1) is 8.78. The lowest BCUT2D eigenvalue weighted by molar-refractivity contribution is 0.415. The predicted molar refractivity (Wildman–Crippen MR) is 66.5 cm³/mol. The Morgan fingerprint density at radius 3 is 3.00 bits per heavy atom. The van der Waals surface area contributed by atoms with E-state index in [1.54, 1.807) is 18.1 Å². The monoisotopic (exact) mass is 243 g/mol. The highest BCUT2D eigenvalue weighted by Crippen LogP contribution is 2.22. The van der Waals surface area contributed by atoms with E-state index in [1.807, 2.05) is 25.1 Å². The molecule has 92 valence electrons. The molecule has 0 aliphatic heterocycles. The van der Waals surface area contributed by atoms with E-state index in [0.29, 0.717) is 0 Å². The lowest BCUT2D eigenvalue weighted by atomic mass is 10.3. The molecule has 18 heavy (non-hydrogen) atoms. The third-order valence-electron chi connectivity index (χ3n) is 2.94. The van der Waals surface area contributed by atoms with Gasteiger partial charge in [0.15, 0.2) is 0 Å². The van der Waals surface area contributed by atoms with Crippen LogP contribution in [0.5, 0.6) is 5.75 Å². The summed E-state index contributed by atoms with van der Waals surface area (Å²) in [4.78, 5) is 11.8. The molecule has 6 nitrogen and oxygen atoms in total. The molecule has 6 heteroatoms. The van der Waals surface area contributed by atoms with Gasteiger partial charge in [-0.25, -0.2) is 14.6 Å². The Kier molecular flexibility index (Phi) is 2.47. The first-order valence-corrected chi connectivity index (χ1v) is 5.65. The van der Waals surface area contributed by atoms with Crippen molar-refractivity contribution in [2.75, 3.05) is 7.11 Å². The van der Waals surface area contributed by atoms with Crippen LogP contribution >= 0.6 is 0 Å². The molecule has 1 aromatic carbocycles. The second-order valence-corrected chi connectivity index (χ2v) is 4.06. The topological polar surface area (TPSA) is 68.6 Å². The lowest BCUT2D eigenvalue weighted by Crippen LogP contribution is -2.08. The Balaban J connectivity index is 2.03. The van der Waals surface area contributed by atoms with Crippen LogP contribution in [0.1, 0.15) is 18.8 Å². The zero-order valence-corrected chi connectivity index (χ0v) is 10.2. The Bertz CT molecular complexity index is 658. The van der Waals surface area contributed by atoms with Crippen molar-refractivity contribution < 1.29 is 4.74 Å². The predicted octanol–water partition coefficient (Wildman–Crippen LogP) is 1.77. The maximum atomic E-state index is 5.19. The van der Waals surface area contributed by atoms with Crippen molar-refractivity contribution in [3.05, 3.63) is 36.7 Å². The van der Waals surface area contributed by atoms with Crippen molar-refractivity contribution in [2.24, 2.45) is 0 Å². The average molecular weight is 243 g/mol. The molecular weight excluding hydrogens is 230 g/mol. The molecule has 0 radical (unpaired) electrons. The molecule has 1 unspecified atom stereocenters. The van der Waals surface area contributed by atoms with Gasteiger partial charge in [-0.3, -0.25) is 0 Å². The number of hydrogen-bond acceptors (Lipinski definition) is 4. The SMILES string of the molecule is COc1ccc2nc(C(C)n3cncn3)[nH]c2c1. The molecule has 0 amide bonds. The fourth-order valence-electron chi connectivity index (χ4n) is 1.88. The van der Waals surface area contributed by atoms with Crippen LogP contribution in [0.4, 0.5) is 0 Å². The highest BCUT2D eigenvalue weighted by Gasteiger charge is 2.13. The molecule has 3 aromatic rings. The number of aromatic nitrogens is 5. The van der Waals surface area contributed by atoms with Gasteiger partial charge in [-0.2, -0.15) is 5.10 Å². The van der Waals surface area contributed by atoms with Crippen LogP contribution < -0.4 is 4.74 Å². The molecule has 1 atom stereocenters. The molecule has 0 fully saturated rings. The van der Waals surface area contributed by atoms with Gasteiger partial charge in [0.2, 0.25) is 0 Å². The summed E-state index contributed by atoms with van der Waals surface area (Å²) in [7, 11) is 1.65. The van der Waals surface area contributed by atoms with E-state index in [-0.39, 0.29) is 6.04 Å². The second kappa shape index (κ2) is 4.14. The fourth-order valence-corrected chi connectivity index (χ4v) is 1.88. The molecule has 0 aliphatic carbocycles. The summed E-state index contributed by atoms with van der Waals surface area (Å²) in [6.07, 6.45) is 3.20. The van der Waals surface area contributed by atoms with E-state index in [4.69, 9.17) is 4.74 Å². The number of rotatable bonds is 3. The summed E-state index contributed by atoms with van der Waals surface area (Å²) in [5.41, 5.74) is 1.87. The number of ether oxygens (including phenoxy) is 1. The summed E-state index contributed by atoms with van der Waals surface area (Å²) in [6, 6.07) is 5.78. The van der Waals surface area contributed by atoms with E-state index in [2.05, 4.69) is 20.1 Å². The zero-order chi connectivity index (χ0) is 12.5. The van der Waals surface area contributed by atoms with Gasteiger partial charge in [0, 0.05) is 6.07 Å². The Hall–Kier alpha value is -2.37. The number of methoxy groups -OCH3 is 1. The number of aromatic amines is 1. The van der Waals surface area contributed by atoms with Crippen LogP contribution in [0.15, 0.2) is 30.9 Å². The molecule has 0 saturated carbocycles. The molecule has 3 rings (SSSR count). The van der Waals surface area contributed by atoms with Crippen LogP contribution in [0.2, 0.25) is 0 Å². The molecular formula is C12H13N5O. The number of imidazole rings is 1. The highest BCUT2D eigenvalue weighted by atomic mass is 16.5. The van der Waals surface area contributed by atoms with Gasteiger partial charge >= 0.3 is 0 Å². The van der Waals surface area contributed by atoms with Crippen LogP contribution in [0.3, 0.4) is 0 Å². The van der Waals surface area contributed by atoms with Crippen molar-refractivity contribution in [1.82, 2.24) is 24.7 Å². The first kappa shape index (κ1) is 10.8. The largest absolute Gasteiger partial charge is 0.497 e. The molecule has 0 saturated heterocycles. The minimum atomic E-state index is 0.0193. The Morgan fingerprint density at radius 2 is 2.28 bits per heavy atom. The normalized spacial score (nSPS) is 12.8. The van der Waals surface area contributed by atoms with Crippen LogP contribution in [0.25, 0.3) is 11.0 Å². The van der Waals surface area contributed by atoms with Crippen LogP contribution in [-0.2, 0) is 0 Å². The minimum Gasteiger partial charge on any atom is -0.497 e. The molecule has 2 heterocycles. The van der Waals surface area contributed by atoms with Crippen LogP contribution in [-0.4, -0.2) is 31.8 Å². The third-order valence-corrected chi connectivity index (χ3v) is 2.94. The number of nitrogens with zero attached hydrogens (tertiary/aromatic N) is 4. The number of fused-ring (bicyclic) bond motifs is 1. The second-order valence-electron chi connectivity index (χ2n) is 4.06. The van der Waals surface area contributed by atoms with Crippen molar-refractivity contribution >= 4 is 11.0 Å². The summed E-state index contributed by atoms with van der Waals surface area (Å²) in [5.74, 6) is 1.66. The van der Waals surface area contributed by atoms with Gasteiger partial charge < -0.3 is 9.72 Å². The summed E-state index contributed by atoms with van der Waals surface area (Å²) < 4.78 is 6.95. The number of H-pyrrole nitrogens is 1. The van der Waals surface area contributed by atoms with Gasteiger partial charge in [0.05, 0.1) is 18.1 Å². The number of nitrogens with one attached hydrogen (secondary N) is 1. The molecule has 0 bridgehead atoms. The van der Waals surface area contributed by atoms with E-state index in [9.17, 15) is 0 Å². The van der Waals surface area contributed by atoms with Crippen molar-refractivity contribution in [2.45, 2.75) is 13.0 Å². The van der Waals surface area contributed by atoms with E-state index >= 15 is 0 Å². The number of benzene rings is 1. The minimum absolute atomic E-state index is 0.0193. The molecule has 0 aliphatic rings. The number of hydrogen-bond donors (Lipinski definition) is 1. The van der Waals surface area contributed by atoms with E-state index in [1.165, 1.54) is 6.33 Å². The Morgan fingerprint density at radius 1 is 1.39 bits per heavy atom. The Labute approximate surface area is 104 Å². The summed E-state index contributed by atoms with van der Waals surface area (Å²) >= 11 is 0. The van der Waals surface area contributed by atoms with Gasteiger partial charge in [0.1, 0.15) is 30.3 Å². The van der Waals surface area contributed by atoms with Gasteiger partial charge in [0.25, 0.3) is 0 Å². The average Bonchev–Trinajstić information content (AvgIpc) is 3.05. The first-order valence-electron chi connectivity index (χ1n) is 5.65. The van der Waals surface area contributed by atoms with E-state index < -0.39 is 0 Å². The van der Waals surface area contributed by atoms with Crippen molar-refractivity contribution in [3.8, 4) is 5.75 Å². The summed E-state index contributed by atoms with van der Waals surface area (Å²) in [6.45, 7) is 2.02. The lowest BCUT2D eigenvalue weighted by Gasteiger charge is -2.06.